The number of alkyl halides is 1. The second-order valence-electron chi connectivity index (χ2n) is 2.47. The maximum absolute atomic E-state index is 13.1. The van der Waals surface area contributed by atoms with Crippen LogP contribution in [0, 0.1) is 15.9 Å². The molecule has 0 saturated heterocycles. The molecule has 3 nitrogen and oxygen atoms in total. The molecule has 70 valence electrons. The molecule has 0 atom stereocenters. The largest absolute Gasteiger partial charge is 0.272 e. The quantitative estimate of drug-likeness (QED) is 0.372. The van der Waals surface area contributed by atoms with E-state index in [0.29, 0.717) is 12.0 Å². The van der Waals surface area contributed by atoms with Gasteiger partial charge in [-0.15, -0.1) is 0 Å². The lowest BCUT2D eigenvalue weighted by Crippen LogP contribution is -1.94. The van der Waals surface area contributed by atoms with Gasteiger partial charge in [0.05, 0.1) is 11.0 Å². The summed E-state index contributed by atoms with van der Waals surface area (Å²) in [7, 11) is 0. The van der Waals surface area contributed by atoms with Crippen LogP contribution < -0.4 is 0 Å². The number of hydrogen-bond donors (Lipinski definition) is 0. The Morgan fingerprint density at radius 3 is 2.69 bits per heavy atom. The van der Waals surface area contributed by atoms with Gasteiger partial charge in [-0.05, 0) is 18.1 Å². The van der Waals surface area contributed by atoms with Crippen LogP contribution in [0.4, 0.5) is 10.1 Å². The highest BCUT2D eigenvalue weighted by Crippen LogP contribution is 2.17. The van der Waals surface area contributed by atoms with Gasteiger partial charge < -0.3 is 0 Å². The fourth-order valence-electron chi connectivity index (χ4n) is 0.954. The third-order valence-electron chi connectivity index (χ3n) is 1.61. The highest BCUT2D eigenvalue weighted by Gasteiger charge is 2.09. The van der Waals surface area contributed by atoms with Gasteiger partial charge in [-0.25, -0.2) is 4.39 Å². The zero-order chi connectivity index (χ0) is 9.84. The SMILES string of the molecule is O=[N+]([O-])c1ccc(CCI)c(F)c1. The van der Waals surface area contributed by atoms with E-state index in [1.165, 1.54) is 12.1 Å². The second-order valence-corrected chi connectivity index (χ2v) is 3.55. The Balaban J connectivity index is 2.98. The van der Waals surface area contributed by atoms with Crippen LogP contribution in [0.5, 0.6) is 0 Å². The lowest BCUT2D eigenvalue weighted by Gasteiger charge is -1.99. The van der Waals surface area contributed by atoms with Crippen LogP contribution in [0.1, 0.15) is 5.56 Å². The zero-order valence-corrected chi connectivity index (χ0v) is 8.82. The van der Waals surface area contributed by atoms with Crippen LogP contribution >= 0.6 is 22.6 Å². The Labute approximate surface area is 88.2 Å². The predicted molar refractivity (Wildman–Crippen MR) is 55.6 cm³/mol. The molecule has 0 radical (unpaired) electrons. The van der Waals surface area contributed by atoms with Crippen LogP contribution in [0.25, 0.3) is 0 Å². The number of aryl methyl sites for hydroxylation is 1. The average molecular weight is 295 g/mol. The zero-order valence-electron chi connectivity index (χ0n) is 6.67. The molecule has 1 aromatic carbocycles. The summed E-state index contributed by atoms with van der Waals surface area (Å²) in [6.45, 7) is 0. The molecule has 0 N–H and O–H groups in total. The normalized spacial score (nSPS) is 10.0. The van der Waals surface area contributed by atoms with E-state index in [0.717, 1.165) is 10.5 Å². The molecule has 0 aliphatic heterocycles. The van der Waals surface area contributed by atoms with Gasteiger partial charge in [-0.1, -0.05) is 22.6 Å². The summed E-state index contributed by atoms with van der Waals surface area (Å²) < 4.78 is 13.9. The van der Waals surface area contributed by atoms with Crippen molar-refractivity contribution in [2.45, 2.75) is 6.42 Å². The number of nitro benzene ring substituents is 1. The van der Waals surface area contributed by atoms with E-state index >= 15 is 0 Å². The molecule has 0 fully saturated rings. The lowest BCUT2D eigenvalue weighted by atomic mass is 10.1. The van der Waals surface area contributed by atoms with Gasteiger partial charge in [-0.2, -0.15) is 0 Å². The Hall–Kier alpha value is -0.720. The van der Waals surface area contributed by atoms with Crippen molar-refractivity contribution in [3.8, 4) is 0 Å². The van der Waals surface area contributed by atoms with Crippen molar-refractivity contribution >= 4 is 28.3 Å². The van der Waals surface area contributed by atoms with Gasteiger partial charge in [0.15, 0.2) is 0 Å². The Bertz CT molecular complexity index is 330. The fraction of sp³-hybridized carbons (Fsp3) is 0.250. The second kappa shape index (κ2) is 4.50. The van der Waals surface area contributed by atoms with Gasteiger partial charge >= 0.3 is 0 Å². The predicted octanol–water partition coefficient (Wildman–Crippen LogP) is 2.71. The first kappa shape index (κ1) is 10.4. The van der Waals surface area contributed by atoms with Crippen molar-refractivity contribution in [1.29, 1.82) is 0 Å². The van der Waals surface area contributed by atoms with Crippen LogP contribution in [0.15, 0.2) is 18.2 Å². The summed E-state index contributed by atoms with van der Waals surface area (Å²) >= 11 is 2.13. The van der Waals surface area contributed by atoms with Crippen molar-refractivity contribution in [1.82, 2.24) is 0 Å². The first-order chi connectivity index (χ1) is 6.15. The molecule has 1 rings (SSSR count). The maximum atomic E-state index is 13.1. The Kier molecular flexibility index (Phi) is 3.58. The number of nitro groups is 1. The molecule has 0 spiro atoms. The Morgan fingerprint density at radius 1 is 1.54 bits per heavy atom. The summed E-state index contributed by atoms with van der Waals surface area (Å²) in [6, 6.07) is 3.75. The van der Waals surface area contributed by atoms with Crippen molar-refractivity contribution in [2.24, 2.45) is 0 Å². The van der Waals surface area contributed by atoms with Gasteiger partial charge in [0, 0.05) is 10.5 Å². The van der Waals surface area contributed by atoms with Crippen LogP contribution in [0.2, 0.25) is 0 Å². The summed E-state index contributed by atoms with van der Waals surface area (Å²) in [5.74, 6) is -0.495. The first-order valence-corrected chi connectivity index (χ1v) is 5.16. The average Bonchev–Trinajstić information content (AvgIpc) is 2.08. The van der Waals surface area contributed by atoms with Gasteiger partial charge in [0.1, 0.15) is 5.82 Å². The molecule has 0 unspecified atom stereocenters. The van der Waals surface area contributed by atoms with Gasteiger partial charge in [0.2, 0.25) is 0 Å². The number of benzene rings is 1. The van der Waals surface area contributed by atoms with Crippen molar-refractivity contribution in [3.63, 3.8) is 0 Å². The van der Waals surface area contributed by atoms with E-state index in [2.05, 4.69) is 22.6 Å². The third-order valence-corrected chi connectivity index (χ3v) is 2.15. The summed E-state index contributed by atoms with van der Waals surface area (Å²) in [6.07, 6.45) is 0.602. The summed E-state index contributed by atoms with van der Waals surface area (Å²) in [5.41, 5.74) is 0.328. The molecule has 0 aliphatic carbocycles. The van der Waals surface area contributed by atoms with Crippen molar-refractivity contribution in [2.75, 3.05) is 4.43 Å². The lowest BCUT2D eigenvalue weighted by molar-refractivity contribution is -0.385. The minimum absolute atomic E-state index is 0.199. The number of rotatable bonds is 3. The number of non-ortho nitro benzene ring substituents is 1. The highest BCUT2D eigenvalue weighted by atomic mass is 127. The molecule has 13 heavy (non-hydrogen) atoms. The van der Waals surface area contributed by atoms with E-state index in [1.807, 2.05) is 0 Å². The summed E-state index contributed by atoms with van der Waals surface area (Å²) in [4.78, 5) is 9.66. The molecule has 5 heteroatoms. The molecule has 1 aromatic rings. The minimum atomic E-state index is -0.600. The molecule has 0 aliphatic rings. The van der Waals surface area contributed by atoms with Crippen LogP contribution in [0.3, 0.4) is 0 Å². The van der Waals surface area contributed by atoms with Gasteiger partial charge in [-0.3, -0.25) is 10.1 Å². The smallest absolute Gasteiger partial charge is 0.258 e. The van der Waals surface area contributed by atoms with Crippen molar-refractivity contribution in [3.05, 3.63) is 39.7 Å². The number of halogens is 2. The third kappa shape index (κ3) is 2.61. The molecule has 0 aromatic heterocycles. The topological polar surface area (TPSA) is 43.1 Å². The van der Waals surface area contributed by atoms with E-state index < -0.39 is 10.7 Å². The molecule has 0 amide bonds. The van der Waals surface area contributed by atoms with E-state index in [1.54, 1.807) is 0 Å². The van der Waals surface area contributed by atoms with Crippen LogP contribution in [-0.4, -0.2) is 9.35 Å². The van der Waals surface area contributed by atoms with E-state index in [4.69, 9.17) is 0 Å². The fourth-order valence-corrected chi connectivity index (χ4v) is 1.54. The van der Waals surface area contributed by atoms with E-state index in [9.17, 15) is 14.5 Å². The molecule has 0 saturated carbocycles. The molecule has 0 bridgehead atoms. The van der Waals surface area contributed by atoms with Crippen LogP contribution in [-0.2, 0) is 6.42 Å². The molecular weight excluding hydrogens is 288 g/mol. The monoisotopic (exact) mass is 295 g/mol. The molecule has 0 heterocycles. The highest BCUT2D eigenvalue weighted by molar-refractivity contribution is 14.1. The van der Waals surface area contributed by atoms with Gasteiger partial charge in [0.25, 0.3) is 5.69 Å². The summed E-state index contributed by atoms with van der Waals surface area (Å²) in [5, 5.41) is 10.3. The minimum Gasteiger partial charge on any atom is -0.258 e. The first-order valence-electron chi connectivity index (χ1n) is 3.64. The van der Waals surface area contributed by atoms with E-state index in [-0.39, 0.29) is 5.69 Å². The molecular formula is C8H7FINO2. The Morgan fingerprint density at radius 2 is 2.23 bits per heavy atom. The maximum Gasteiger partial charge on any atom is 0.272 e. The standard InChI is InChI=1S/C8H7FINO2/c9-8-5-7(11(12)13)2-1-6(8)3-4-10/h1-2,5H,3-4H2. The van der Waals surface area contributed by atoms with Crippen molar-refractivity contribution < 1.29 is 9.31 Å². The number of hydrogen-bond acceptors (Lipinski definition) is 2. The number of nitrogens with zero attached hydrogens (tertiary/aromatic N) is 1.